The fourth-order valence-corrected chi connectivity index (χ4v) is 10.6. The van der Waals surface area contributed by atoms with Crippen molar-refractivity contribution in [1.29, 1.82) is 0 Å². The van der Waals surface area contributed by atoms with Crippen LogP contribution in [0.15, 0.2) is 22.8 Å². The topological polar surface area (TPSA) is 90.9 Å². The maximum Gasteiger partial charge on any atom is 0.239 e. The van der Waals surface area contributed by atoms with E-state index in [1.165, 1.54) is 24.8 Å². The molecule has 42 heavy (non-hydrogen) atoms. The number of piperidine rings is 1. The van der Waals surface area contributed by atoms with Crippen molar-refractivity contribution in [2.45, 2.75) is 123 Å². The molecule has 6 aliphatic rings. The molecule has 3 N–H and O–H groups in total. The number of likely N-dealkylation sites (tertiary alicyclic amines) is 1. The quantitative estimate of drug-likeness (QED) is 0.378. The maximum atomic E-state index is 12.4. The summed E-state index contributed by atoms with van der Waals surface area (Å²) in [5.41, 5.74) is 4.85. The number of hydrogen-bond acceptors (Lipinski definition) is 5. The molecule has 0 aromatic rings. The van der Waals surface area contributed by atoms with Crippen LogP contribution in [-0.4, -0.2) is 71.9 Å². The van der Waals surface area contributed by atoms with Gasteiger partial charge in [-0.25, -0.2) is 0 Å². The lowest BCUT2D eigenvalue weighted by Gasteiger charge is -2.49. The lowest BCUT2D eigenvalue weighted by atomic mass is 9.56. The number of ether oxygens (including phenoxy) is 1. The highest BCUT2D eigenvalue weighted by molar-refractivity contribution is 5.84. The molecule has 7 heteroatoms. The van der Waals surface area contributed by atoms with E-state index in [-0.39, 0.29) is 41.6 Å². The SMILES string of the molecule is CCCC(=O)NCC(=O)NCCN1C[C@@H](C)C[C@H]2O[C@]3(CC[C@@H]4C(=C3C)C[C@H]3[C@H]4CC=C4C[C@@H](O)CC[C@@]43C)[C@H](C)[C@@H]21. The smallest absolute Gasteiger partial charge is 0.239 e. The Kier molecular flexibility index (Phi) is 8.42. The van der Waals surface area contributed by atoms with Gasteiger partial charge in [0.25, 0.3) is 0 Å². The van der Waals surface area contributed by atoms with Gasteiger partial charge in [-0.15, -0.1) is 0 Å². The first-order valence-corrected chi connectivity index (χ1v) is 17.1. The molecule has 6 rings (SSSR count). The van der Waals surface area contributed by atoms with E-state index in [4.69, 9.17) is 4.74 Å². The van der Waals surface area contributed by atoms with Crippen LogP contribution in [0.25, 0.3) is 0 Å². The Morgan fingerprint density at radius 3 is 2.74 bits per heavy atom. The largest absolute Gasteiger partial charge is 0.393 e. The Morgan fingerprint density at radius 2 is 1.95 bits per heavy atom. The summed E-state index contributed by atoms with van der Waals surface area (Å²) in [6.07, 6.45) is 12.6. The average Bonchev–Trinajstić information content (AvgIpc) is 3.47. The van der Waals surface area contributed by atoms with Crippen molar-refractivity contribution in [3.63, 3.8) is 0 Å². The molecular formula is C35H55N3O4. The van der Waals surface area contributed by atoms with Crippen LogP contribution in [0, 0.1) is 35.0 Å². The fraction of sp³-hybridized carbons (Fsp3) is 0.829. The van der Waals surface area contributed by atoms with Gasteiger partial charge in [0.1, 0.15) is 0 Å². The Balaban J connectivity index is 1.15. The van der Waals surface area contributed by atoms with Gasteiger partial charge in [0, 0.05) is 38.0 Å². The minimum absolute atomic E-state index is 0.0521. The molecule has 2 amide bonds. The summed E-state index contributed by atoms with van der Waals surface area (Å²) in [6, 6.07) is 0.365. The monoisotopic (exact) mass is 581 g/mol. The Hall–Kier alpha value is -1.70. The second-order valence-electron chi connectivity index (χ2n) is 15.1. The van der Waals surface area contributed by atoms with Gasteiger partial charge in [0.05, 0.1) is 24.4 Å². The zero-order chi connectivity index (χ0) is 29.8. The van der Waals surface area contributed by atoms with Gasteiger partial charge in [0.2, 0.25) is 11.8 Å². The van der Waals surface area contributed by atoms with Crippen LogP contribution in [-0.2, 0) is 14.3 Å². The van der Waals surface area contributed by atoms with E-state index in [1.807, 2.05) is 6.92 Å². The van der Waals surface area contributed by atoms with E-state index in [0.29, 0.717) is 42.7 Å². The van der Waals surface area contributed by atoms with Gasteiger partial charge >= 0.3 is 0 Å². The van der Waals surface area contributed by atoms with E-state index in [9.17, 15) is 14.7 Å². The highest BCUT2D eigenvalue weighted by Gasteiger charge is 2.61. The predicted molar refractivity (Wildman–Crippen MR) is 165 cm³/mol. The number of nitrogens with one attached hydrogen (secondary N) is 2. The number of rotatable bonds is 7. The summed E-state index contributed by atoms with van der Waals surface area (Å²) in [4.78, 5) is 26.7. The minimum atomic E-state index is -0.177. The lowest BCUT2D eigenvalue weighted by molar-refractivity contribution is -0.126. The van der Waals surface area contributed by atoms with Crippen molar-refractivity contribution in [3.8, 4) is 0 Å². The van der Waals surface area contributed by atoms with Crippen molar-refractivity contribution in [2.75, 3.05) is 26.2 Å². The van der Waals surface area contributed by atoms with Crippen LogP contribution >= 0.6 is 0 Å². The van der Waals surface area contributed by atoms with Crippen molar-refractivity contribution in [2.24, 2.45) is 35.0 Å². The first-order chi connectivity index (χ1) is 20.1. The number of amides is 2. The lowest BCUT2D eigenvalue weighted by Crippen LogP contribution is -2.54. The normalized spacial score (nSPS) is 42.9. The van der Waals surface area contributed by atoms with Gasteiger partial charge in [0.15, 0.2) is 0 Å². The molecule has 234 valence electrons. The third-order valence-electron chi connectivity index (χ3n) is 12.7. The summed E-state index contributed by atoms with van der Waals surface area (Å²) >= 11 is 0. The van der Waals surface area contributed by atoms with Crippen LogP contribution in [0.1, 0.15) is 98.8 Å². The molecule has 10 atom stereocenters. The minimum Gasteiger partial charge on any atom is -0.393 e. The third kappa shape index (κ3) is 5.09. The van der Waals surface area contributed by atoms with Crippen molar-refractivity contribution < 1.29 is 19.4 Å². The highest BCUT2D eigenvalue weighted by atomic mass is 16.5. The van der Waals surface area contributed by atoms with Gasteiger partial charge in [-0.2, -0.15) is 0 Å². The van der Waals surface area contributed by atoms with Crippen LogP contribution < -0.4 is 10.6 Å². The molecule has 1 spiro atoms. The number of carbonyl (C=O) groups excluding carboxylic acids is 2. The Morgan fingerprint density at radius 1 is 1.14 bits per heavy atom. The van der Waals surface area contributed by atoms with E-state index in [1.54, 1.807) is 11.1 Å². The molecule has 7 nitrogen and oxygen atoms in total. The second-order valence-corrected chi connectivity index (χ2v) is 15.1. The fourth-order valence-electron chi connectivity index (χ4n) is 10.6. The van der Waals surface area contributed by atoms with E-state index in [2.05, 4.69) is 49.3 Å². The molecule has 4 fully saturated rings. The predicted octanol–water partition coefficient (Wildman–Crippen LogP) is 4.75. The first-order valence-electron chi connectivity index (χ1n) is 17.1. The first kappa shape index (κ1) is 30.3. The van der Waals surface area contributed by atoms with E-state index in [0.717, 1.165) is 57.5 Å². The van der Waals surface area contributed by atoms with Crippen LogP contribution in [0.4, 0.5) is 0 Å². The number of fused-ring (bicyclic) bond motifs is 6. The summed E-state index contributed by atoms with van der Waals surface area (Å²) in [5, 5.41) is 16.2. The highest BCUT2D eigenvalue weighted by Crippen LogP contribution is 2.65. The molecule has 0 radical (unpaired) electrons. The molecule has 0 unspecified atom stereocenters. The molecule has 4 aliphatic carbocycles. The Labute approximate surface area is 253 Å². The van der Waals surface area contributed by atoms with Crippen molar-refractivity contribution >= 4 is 11.8 Å². The molecule has 0 bridgehead atoms. The maximum absolute atomic E-state index is 12.4. The summed E-state index contributed by atoms with van der Waals surface area (Å²) in [7, 11) is 0. The van der Waals surface area contributed by atoms with Gasteiger partial charge in [-0.1, -0.05) is 44.9 Å². The zero-order valence-corrected chi connectivity index (χ0v) is 26.7. The van der Waals surface area contributed by atoms with Crippen LogP contribution in [0.5, 0.6) is 0 Å². The Bertz CT molecular complexity index is 1130. The summed E-state index contributed by atoms with van der Waals surface area (Å²) in [6.45, 7) is 14.1. The molecule has 2 aliphatic heterocycles. The number of aliphatic hydroxyl groups excluding tert-OH is 1. The van der Waals surface area contributed by atoms with Gasteiger partial charge in [-0.3, -0.25) is 14.5 Å². The number of carbonyl (C=O) groups is 2. The van der Waals surface area contributed by atoms with Crippen molar-refractivity contribution in [3.05, 3.63) is 22.8 Å². The van der Waals surface area contributed by atoms with E-state index < -0.39 is 0 Å². The summed E-state index contributed by atoms with van der Waals surface area (Å²) in [5.74, 6) is 2.90. The molecule has 0 aromatic carbocycles. The summed E-state index contributed by atoms with van der Waals surface area (Å²) < 4.78 is 7.26. The standard InChI is InChI=1S/C35H55N3O4/c1-6-7-31(40)37-19-32(41)36-14-15-38-20-21(2)16-30-33(38)23(4)35(42-30)13-11-26-27-9-8-24-17-25(39)10-12-34(24,5)29(27)18-28(26)22(35)3/h8,21,23,25-27,29-30,33,39H,6-7,9-20H2,1-5H3,(H,36,41)(H,37,40)/t21-,23+,25-,26-,27-,29-,30+,33-,34-,35-/m0/s1. The number of allylic oxidation sites excluding steroid dienone is 2. The number of aliphatic hydroxyl groups is 1. The zero-order valence-electron chi connectivity index (χ0n) is 26.7. The second kappa shape index (κ2) is 11.7. The third-order valence-corrected chi connectivity index (χ3v) is 12.7. The van der Waals surface area contributed by atoms with Crippen LogP contribution in [0.3, 0.4) is 0 Å². The number of hydrogen-bond donors (Lipinski definition) is 3. The van der Waals surface area contributed by atoms with E-state index >= 15 is 0 Å². The van der Waals surface area contributed by atoms with Gasteiger partial charge in [-0.05, 0) is 99.4 Å². The average molecular weight is 582 g/mol. The molecule has 0 aromatic heterocycles. The molecule has 2 saturated heterocycles. The molecular weight excluding hydrogens is 526 g/mol. The van der Waals surface area contributed by atoms with Crippen molar-refractivity contribution in [1.82, 2.24) is 15.5 Å². The molecule has 2 heterocycles. The van der Waals surface area contributed by atoms with Crippen LogP contribution in [0.2, 0.25) is 0 Å². The molecule has 2 saturated carbocycles. The van der Waals surface area contributed by atoms with Gasteiger partial charge < -0.3 is 20.5 Å². The number of nitrogens with zero attached hydrogens (tertiary/aromatic N) is 1.